The van der Waals surface area contributed by atoms with Crippen LogP contribution < -0.4 is 4.90 Å². The molecule has 1 aliphatic rings. The largest absolute Gasteiger partial charge is 0.300 e. The molecule has 0 unspecified atom stereocenters. The summed E-state index contributed by atoms with van der Waals surface area (Å²) in [6, 6.07) is 5.49. The lowest BCUT2D eigenvalue weighted by Gasteiger charge is -2.15. The number of hydrogen-bond donors (Lipinski definition) is 0. The predicted octanol–water partition coefficient (Wildman–Crippen LogP) is 1.46. The Balaban J connectivity index is 1.99. The van der Waals surface area contributed by atoms with Gasteiger partial charge in [0.25, 0.3) is 11.7 Å². The first-order valence-corrected chi connectivity index (χ1v) is 6.00. The molecular weight excluding hydrogens is 242 g/mol. The molecule has 3 rings (SSSR count). The van der Waals surface area contributed by atoms with Crippen molar-refractivity contribution in [2.45, 2.75) is 13.5 Å². The molecule has 0 atom stereocenters. The number of anilines is 1. The van der Waals surface area contributed by atoms with Crippen molar-refractivity contribution in [2.24, 2.45) is 7.05 Å². The second-order valence-electron chi connectivity index (χ2n) is 4.76. The topological polar surface area (TPSA) is 55.2 Å². The van der Waals surface area contributed by atoms with E-state index in [2.05, 4.69) is 5.10 Å². The molecular formula is C14H13N3O2. The van der Waals surface area contributed by atoms with Crippen LogP contribution in [-0.4, -0.2) is 21.5 Å². The summed E-state index contributed by atoms with van der Waals surface area (Å²) in [5.41, 5.74) is 3.05. The summed E-state index contributed by atoms with van der Waals surface area (Å²) in [4.78, 5) is 25.5. The molecule has 0 aliphatic carbocycles. The van der Waals surface area contributed by atoms with Crippen molar-refractivity contribution < 1.29 is 9.59 Å². The molecule has 2 aromatic rings. The number of benzene rings is 1. The average molecular weight is 255 g/mol. The van der Waals surface area contributed by atoms with Gasteiger partial charge in [0.1, 0.15) is 0 Å². The molecule has 1 amide bonds. The van der Waals surface area contributed by atoms with Crippen LogP contribution in [-0.2, 0) is 18.4 Å². The minimum atomic E-state index is -0.468. The molecule has 1 aromatic carbocycles. The number of Topliss-reactive ketones (excluding diaryl/α,β-unsaturated/α-hetero) is 1. The molecule has 0 fully saturated rings. The van der Waals surface area contributed by atoms with Crippen molar-refractivity contribution in [3.05, 3.63) is 47.3 Å². The highest BCUT2D eigenvalue weighted by atomic mass is 16.2. The molecule has 96 valence electrons. The zero-order chi connectivity index (χ0) is 13.6. The number of carbonyl (C=O) groups excluding carboxylic acids is 2. The van der Waals surface area contributed by atoms with Crippen LogP contribution in [0.4, 0.5) is 5.69 Å². The minimum absolute atomic E-state index is 0.370. The number of aryl methyl sites for hydroxylation is 2. The summed E-state index contributed by atoms with van der Waals surface area (Å²) < 4.78 is 1.67. The van der Waals surface area contributed by atoms with E-state index in [4.69, 9.17) is 0 Å². The Hall–Kier alpha value is -2.43. The molecule has 1 aromatic heterocycles. The lowest BCUT2D eigenvalue weighted by atomic mass is 10.1. The third kappa shape index (κ3) is 1.83. The van der Waals surface area contributed by atoms with E-state index in [1.165, 1.54) is 4.90 Å². The first-order valence-electron chi connectivity index (χ1n) is 6.00. The van der Waals surface area contributed by atoms with Gasteiger partial charge in [0.15, 0.2) is 0 Å². The predicted molar refractivity (Wildman–Crippen MR) is 69.9 cm³/mol. The van der Waals surface area contributed by atoms with E-state index in [0.29, 0.717) is 17.8 Å². The van der Waals surface area contributed by atoms with Crippen molar-refractivity contribution >= 4 is 17.4 Å². The van der Waals surface area contributed by atoms with Gasteiger partial charge in [-0.25, -0.2) is 0 Å². The molecule has 1 aliphatic heterocycles. The van der Waals surface area contributed by atoms with Crippen molar-refractivity contribution in [1.29, 1.82) is 0 Å². The van der Waals surface area contributed by atoms with E-state index in [1.807, 2.05) is 32.3 Å². The standard InChI is InChI=1S/C14H13N3O2/c1-9-3-4-12-11(5-9)13(18)14(19)17(12)8-10-6-15-16(2)7-10/h3-7H,8H2,1-2H3. The van der Waals surface area contributed by atoms with Gasteiger partial charge in [-0.1, -0.05) is 11.6 Å². The number of carbonyl (C=O) groups is 2. The van der Waals surface area contributed by atoms with Crippen LogP contribution >= 0.6 is 0 Å². The molecule has 0 saturated carbocycles. The van der Waals surface area contributed by atoms with Crippen LogP contribution in [0.5, 0.6) is 0 Å². The zero-order valence-electron chi connectivity index (χ0n) is 10.8. The van der Waals surface area contributed by atoms with E-state index in [9.17, 15) is 9.59 Å². The Morgan fingerprint density at radius 1 is 1.26 bits per heavy atom. The van der Waals surface area contributed by atoms with Gasteiger partial charge in [0.2, 0.25) is 0 Å². The lowest BCUT2D eigenvalue weighted by Crippen LogP contribution is -2.28. The Kier molecular flexibility index (Phi) is 2.48. The number of rotatable bonds is 2. The first kappa shape index (κ1) is 11.6. The maximum atomic E-state index is 12.0. The highest BCUT2D eigenvalue weighted by Crippen LogP contribution is 2.30. The van der Waals surface area contributed by atoms with E-state index in [0.717, 1.165) is 11.1 Å². The third-order valence-corrected chi connectivity index (χ3v) is 3.23. The van der Waals surface area contributed by atoms with Gasteiger partial charge in [-0.2, -0.15) is 5.10 Å². The Morgan fingerprint density at radius 2 is 2.05 bits per heavy atom. The van der Waals surface area contributed by atoms with Gasteiger partial charge in [0, 0.05) is 18.8 Å². The van der Waals surface area contributed by atoms with Crippen LogP contribution in [0, 0.1) is 6.92 Å². The summed E-state index contributed by atoms with van der Waals surface area (Å²) in [5.74, 6) is -0.896. The molecule has 0 saturated heterocycles. The molecule has 0 bridgehead atoms. The monoisotopic (exact) mass is 255 g/mol. The van der Waals surface area contributed by atoms with E-state index >= 15 is 0 Å². The molecule has 0 spiro atoms. The van der Waals surface area contributed by atoms with Gasteiger partial charge in [-0.3, -0.25) is 14.3 Å². The van der Waals surface area contributed by atoms with E-state index in [-0.39, 0.29) is 0 Å². The smallest absolute Gasteiger partial charge is 0.299 e. The van der Waals surface area contributed by atoms with Gasteiger partial charge in [0.05, 0.1) is 24.0 Å². The molecule has 0 radical (unpaired) electrons. The number of hydrogen-bond acceptors (Lipinski definition) is 3. The fourth-order valence-corrected chi connectivity index (χ4v) is 2.31. The molecule has 19 heavy (non-hydrogen) atoms. The average Bonchev–Trinajstić information content (AvgIpc) is 2.88. The van der Waals surface area contributed by atoms with Crippen LogP contribution in [0.2, 0.25) is 0 Å². The molecule has 2 heterocycles. The third-order valence-electron chi connectivity index (χ3n) is 3.23. The summed E-state index contributed by atoms with van der Waals surface area (Å²) in [7, 11) is 1.82. The van der Waals surface area contributed by atoms with Crippen molar-refractivity contribution in [3.8, 4) is 0 Å². The summed E-state index contributed by atoms with van der Waals surface area (Å²) in [6.45, 7) is 2.27. The molecule has 5 heteroatoms. The normalized spacial score (nSPS) is 14.1. The Bertz CT molecular complexity index is 688. The van der Waals surface area contributed by atoms with Gasteiger partial charge < -0.3 is 4.90 Å². The highest BCUT2D eigenvalue weighted by molar-refractivity contribution is 6.52. The van der Waals surface area contributed by atoms with Gasteiger partial charge in [-0.15, -0.1) is 0 Å². The number of fused-ring (bicyclic) bond motifs is 1. The van der Waals surface area contributed by atoms with Gasteiger partial charge >= 0.3 is 0 Å². The SMILES string of the molecule is Cc1ccc2c(c1)C(=O)C(=O)N2Cc1cnn(C)c1. The van der Waals surface area contributed by atoms with Crippen molar-refractivity contribution in [2.75, 3.05) is 4.90 Å². The molecule has 5 nitrogen and oxygen atoms in total. The second-order valence-corrected chi connectivity index (χ2v) is 4.76. The minimum Gasteiger partial charge on any atom is -0.300 e. The maximum Gasteiger partial charge on any atom is 0.299 e. The molecule has 0 N–H and O–H groups in total. The number of aromatic nitrogens is 2. The van der Waals surface area contributed by atoms with Crippen molar-refractivity contribution in [3.63, 3.8) is 0 Å². The van der Waals surface area contributed by atoms with Crippen LogP contribution in [0.1, 0.15) is 21.5 Å². The lowest BCUT2D eigenvalue weighted by molar-refractivity contribution is -0.114. The highest BCUT2D eigenvalue weighted by Gasteiger charge is 2.35. The van der Waals surface area contributed by atoms with Gasteiger partial charge in [-0.05, 0) is 19.1 Å². The Labute approximate surface area is 110 Å². The van der Waals surface area contributed by atoms with Crippen molar-refractivity contribution in [1.82, 2.24) is 9.78 Å². The zero-order valence-corrected chi connectivity index (χ0v) is 10.8. The van der Waals surface area contributed by atoms with E-state index in [1.54, 1.807) is 16.9 Å². The summed E-state index contributed by atoms with van der Waals surface area (Å²) in [5, 5.41) is 4.07. The Morgan fingerprint density at radius 3 is 2.74 bits per heavy atom. The van der Waals surface area contributed by atoms with Crippen LogP contribution in [0.15, 0.2) is 30.6 Å². The fraction of sp³-hybridized carbons (Fsp3) is 0.214. The van der Waals surface area contributed by atoms with E-state index < -0.39 is 11.7 Å². The van der Waals surface area contributed by atoms with Crippen LogP contribution in [0.3, 0.4) is 0 Å². The summed E-state index contributed by atoms with van der Waals surface area (Å²) in [6.07, 6.45) is 3.54. The second kappa shape index (κ2) is 4.05. The summed E-state index contributed by atoms with van der Waals surface area (Å²) >= 11 is 0. The fourth-order valence-electron chi connectivity index (χ4n) is 2.31. The maximum absolute atomic E-state index is 12.0. The quantitative estimate of drug-likeness (QED) is 0.763. The number of ketones is 1. The number of nitrogens with zero attached hydrogens (tertiary/aromatic N) is 3. The van der Waals surface area contributed by atoms with Crippen LogP contribution in [0.25, 0.3) is 0 Å². The number of amides is 1. The first-order chi connectivity index (χ1) is 9.06.